The molecule has 0 aromatic heterocycles. The highest BCUT2D eigenvalue weighted by Gasteiger charge is 2.09. The van der Waals surface area contributed by atoms with Crippen LogP contribution in [0.25, 0.3) is 0 Å². The van der Waals surface area contributed by atoms with Crippen molar-refractivity contribution in [1.29, 1.82) is 5.26 Å². The Hall–Kier alpha value is -1.81. The summed E-state index contributed by atoms with van der Waals surface area (Å²) in [5.41, 5.74) is 7.57. The van der Waals surface area contributed by atoms with E-state index in [0.717, 1.165) is 37.7 Å². The lowest BCUT2D eigenvalue weighted by atomic mass is 9.92. The number of allylic oxidation sites excluding steroid dienone is 4. The molecule has 0 spiro atoms. The van der Waals surface area contributed by atoms with Crippen LogP contribution in [0.3, 0.4) is 0 Å². The molecule has 0 fully saturated rings. The van der Waals surface area contributed by atoms with Crippen LogP contribution in [-0.4, -0.2) is 0 Å². The largest absolute Gasteiger partial charge is 0.192 e. The smallest absolute Gasteiger partial charge is 0.0994 e. The zero-order valence-corrected chi connectivity index (χ0v) is 16.9. The Kier molecular flexibility index (Phi) is 9.93. The normalized spacial score (nSPS) is 11.3. The molecule has 1 nitrogen and oxygen atoms in total. The maximum Gasteiger partial charge on any atom is 0.0994 e. The second-order valence-electron chi connectivity index (χ2n) is 7.28. The summed E-state index contributed by atoms with van der Waals surface area (Å²) in [6.07, 6.45) is 13.5. The van der Waals surface area contributed by atoms with Gasteiger partial charge in [0.25, 0.3) is 0 Å². The van der Waals surface area contributed by atoms with Crippen molar-refractivity contribution in [2.24, 2.45) is 0 Å². The van der Waals surface area contributed by atoms with Crippen LogP contribution in [0.5, 0.6) is 0 Å². The van der Waals surface area contributed by atoms with Gasteiger partial charge in [0.2, 0.25) is 0 Å². The summed E-state index contributed by atoms with van der Waals surface area (Å²) in [6, 6.07) is 6.90. The second-order valence-corrected chi connectivity index (χ2v) is 7.28. The minimum Gasteiger partial charge on any atom is -0.192 e. The van der Waals surface area contributed by atoms with E-state index < -0.39 is 0 Å². The summed E-state index contributed by atoms with van der Waals surface area (Å²) in [6.45, 7) is 10.9. The Morgan fingerprint density at radius 3 is 2.44 bits per heavy atom. The number of benzene rings is 1. The molecule has 136 valence electrons. The van der Waals surface area contributed by atoms with Crippen molar-refractivity contribution >= 4 is 0 Å². The van der Waals surface area contributed by atoms with Gasteiger partial charge in [0, 0.05) is 0 Å². The summed E-state index contributed by atoms with van der Waals surface area (Å²) in [5.74, 6) is 0. The van der Waals surface area contributed by atoms with Crippen LogP contribution in [0.1, 0.15) is 89.0 Å². The van der Waals surface area contributed by atoms with Gasteiger partial charge in [-0.15, -0.1) is 0 Å². The fourth-order valence-corrected chi connectivity index (χ4v) is 3.14. The summed E-state index contributed by atoms with van der Waals surface area (Å²) in [4.78, 5) is 0. The van der Waals surface area contributed by atoms with Crippen molar-refractivity contribution in [2.75, 3.05) is 0 Å². The van der Waals surface area contributed by atoms with Gasteiger partial charge in [-0.1, -0.05) is 56.1 Å². The topological polar surface area (TPSA) is 23.8 Å². The maximum absolute atomic E-state index is 9.62. The van der Waals surface area contributed by atoms with Crippen LogP contribution in [-0.2, 0) is 19.3 Å². The lowest BCUT2D eigenvalue weighted by molar-refractivity contribution is 0.716. The van der Waals surface area contributed by atoms with E-state index in [1.165, 1.54) is 47.1 Å². The van der Waals surface area contributed by atoms with Crippen LogP contribution < -0.4 is 0 Å². The fraction of sp³-hybridized carbons (Fsp3) is 0.542. The van der Waals surface area contributed by atoms with Crippen molar-refractivity contribution in [1.82, 2.24) is 0 Å². The summed E-state index contributed by atoms with van der Waals surface area (Å²) >= 11 is 0. The molecule has 1 rings (SSSR count). The first-order valence-corrected chi connectivity index (χ1v) is 9.85. The van der Waals surface area contributed by atoms with Gasteiger partial charge in [0.1, 0.15) is 0 Å². The van der Waals surface area contributed by atoms with E-state index in [9.17, 15) is 5.26 Å². The maximum atomic E-state index is 9.62. The predicted octanol–water partition coefficient (Wildman–Crippen LogP) is 7.09. The van der Waals surface area contributed by atoms with Gasteiger partial charge in [0.15, 0.2) is 0 Å². The van der Waals surface area contributed by atoms with E-state index in [4.69, 9.17) is 0 Å². The molecule has 0 amide bonds. The van der Waals surface area contributed by atoms with E-state index in [0.29, 0.717) is 0 Å². The van der Waals surface area contributed by atoms with Crippen LogP contribution >= 0.6 is 0 Å². The highest BCUT2D eigenvalue weighted by atomic mass is 14.3. The molecule has 0 saturated carbocycles. The van der Waals surface area contributed by atoms with Crippen LogP contribution in [0.15, 0.2) is 35.4 Å². The Balaban J connectivity index is 2.90. The molecule has 1 heteroatoms. The van der Waals surface area contributed by atoms with Gasteiger partial charge < -0.3 is 0 Å². The Morgan fingerprint density at radius 1 is 1.08 bits per heavy atom. The summed E-state index contributed by atoms with van der Waals surface area (Å²) in [5, 5.41) is 9.62. The first-order valence-electron chi connectivity index (χ1n) is 9.85. The van der Waals surface area contributed by atoms with E-state index in [1.807, 2.05) is 0 Å². The number of hydrogen-bond donors (Lipinski definition) is 0. The van der Waals surface area contributed by atoms with Gasteiger partial charge in [-0.3, -0.25) is 0 Å². The monoisotopic (exact) mass is 337 g/mol. The van der Waals surface area contributed by atoms with Crippen molar-refractivity contribution in [3.63, 3.8) is 0 Å². The zero-order valence-electron chi connectivity index (χ0n) is 16.9. The third-order valence-electron chi connectivity index (χ3n) is 4.72. The van der Waals surface area contributed by atoms with E-state index in [-0.39, 0.29) is 0 Å². The summed E-state index contributed by atoms with van der Waals surface area (Å²) < 4.78 is 0. The van der Waals surface area contributed by atoms with E-state index in [1.54, 1.807) is 0 Å². The molecule has 0 aliphatic carbocycles. The number of nitrogens with zero attached hydrogens (tertiary/aromatic N) is 1. The molecule has 0 unspecified atom stereocenters. The first-order chi connectivity index (χ1) is 12.0. The molecule has 25 heavy (non-hydrogen) atoms. The Bertz CT molecular complexity index is 637. The van der Waals surface area contributed by atoms with Crippen LogP contribution in [0.4, 0.5) is 0 Å². The number of aryl methyl sites for hydroxylation is 2. The number of rotatable bonds is 10. The minimum atomic E-state index is 0.874. The molecular formula is C24H35N. The summed E-state index contributed by atoms with van der Waals surface area (Å²) in [7, 11) is 0. The molecule has 0 radical (unpaired) electrons. The lowest BCUT2D eigenvalue weighted by Gasteiger charge is -2.12. The lowest BCUT2D eigenvalue weighted by Crippen LogP contribution is -2.00. The molecule has 1 aromatic carbocycles. The van der Waals surface area contributed by atoms with Gasteiger partial charge in [-0.25, -0.2) is 0 Å². The third kappa shape index (κ3) is 7.74. The number of nitriles is 1. The van der Waals surface area contributed by atoms with E-state index >= 15 is 0 Å². The van der Waals surface area contributed by atoms with Crippen LogP contribution in [0, 0.1) is 11.3 Å². The van der Waals surface area contributed by atoms with E-state index in [2.05, 4.69) is 65.0 Å². The average molecular weight is 338 g/mol. The Labute approximate surface area is 155 Å². The molecular weight excluding hydrogens is 302 g/mol. The molecule has 0 bridgehead atoms. The van der Waals surface area contributed by atoms with Gasteiger partial charge in [-0.05, 0) is 82.1 Å². The molecule has 1 aromatic rings. The average Bonchev–Trinajstić information content (AvgIpc) is 2.59. The van der Waals surface area contributed by atoms with Crippen molar-refractivity contribution in [3.05, 3.63) is 57.7 Å². The fourth-order valence-electron chi connectivity index (χ4n) is 3.14. The molecule has 0 saturated heterocycles. The van der Waals surface area contributed by atoms with Gasteiger partial charge in [0.05, 0.1) is 11.6 Å². The standard InChI is InChI=1S/C24H35N/c1-6-8-9-13-21-16-22(7-2)24(23(17-21)18-25)15-14-20(5)12-10-11-19(3)4/h11,14,16-17H,6-10,12-13,15H2,1-5H3/b20-14+. The van der Waals surface area contributed by atoms with Gasteiger partial charge >= 0.3 is 0 Å². The van der Waals surface area contributed by atoms with Crippen LogP contribution in [0.2, 0.25) is 0 Å². The first kappa shape index (κ1) is 21.2. The van der Waals surface area contributed by atoms with Crippen molar-refractivity contribution < 1.29 is 0 Å². The third-order valence-corrected chi connectivity index (χ3v) is 4.72. The van der Waals surface area contributed by atoms with Gasteiger partial charge in [-0.2, -0.15) is 5.26 Å². The Morgan fingerprint density at radius 2 is 1.84 bits per heavy atom. The molecule has 0 N–H and O–H groups in total. The highest BCUT2D eigenvalue weighted by Crippen LogP contribution is 2.22. The zero-order chi connectivity index (χ0) is 18.7. The SMILES string of the molecule is CCCCCc1cc(C#N)c(C/C=C(\C)CCC=C(C)C)c(CC)c1. The minimum absolute atomic E-state index is 0.874. The number of hydrogen-bond acceptors (Lipinski definition) is 1. The molecule has 0 atom stereocenters. The molecule has 0 aliphatic heterocycles. The molecule has 0 heterocycles. The number of unbranched alkanes of at least 4 members (excludes halogenated alkanes) is 2. The van der Waals surface area contributed by atoms with Crippen molar-refractivity contribution in [3.8, 4) is 6.07 Å². The quantitative estimate of drug-likeness (QED) is 0.330. The molecule has 0 aliphatic rings. The second kappa shape index (κ2) is 11.7. The predicted molar refractivity (Wildman–Crippen MR) is 110 cm³/mol. The van der Waals surface area contributed by atoms with Crippen molar-refractivity contribution in [2.45, 2.75) is 86.0 Å². The highest BCUT2D eigenvalue weighted by molar-refractivity contribution is 5.47.